The van der Waals surface area contributed by atoms with Crippen LogP contribution in [0.15, 0.2) is 72.1 Å². The molecule has 0 aliphatic carbocycles. The summed E-state index contributed by atoms with van der Waals surface area (Å²) in [6, 6.07) is 17.5. The Morgan fingerprint density at radius 3 is 2.71 bits per heavy atom. The van der Waals surface area contributed by atoms with Crippen LogP contribution < -0.4 is 14.8 Å². The van der Waals surface area contributed by atoms with Gasteiger partial charge in [-0.2, -0.15) is 0 Å². The van der Waals surface area contributed by atoms with Gasteiger partial charge in [-0.15, -0.1) is 10.2 Å². The average molecular weight is 474 g/mol. The Morgan fingerprint density at radius 1 is 1.09 bits per heavy atom. The molecule has 3 heterocycles. The van der Waals surface area contributed by atoms with Crippen LogP contribution in [-0.2, 0) is 11.3 Å². The Balaban J connectivity index is 1.35. The Labute approximate surface area is 201 Å². The molecule has 4 aromatic rings. The van der Waals surface area contributed by atoms with E-state index in [0.717, 1.165) is 28.1 Å². The van der Waals surface area contributed by atoms with E-state index in [0.29, 0.717) is 23.3 Å². The van der Waals surface area contributed by atoms with Gasteiger partial charge in [-0.25, -0.2) is 0 Å². The lowest BCUT2D eigenvalue weighted by Crippen LogP contribution is -2.30. The molecule has 0 radical (unpaired) electrons. The summed E-state index contributed by atoms with van der Waals surface area (Å²) in [6.07, 6.45) is 3.45. The third-order valence-electron chi connectivity index (χ3n) is 5.48. The van der Waals surface area contributed by atoms with Crippen molar-refractivity contribution in [3.05, 3.63) is 78.1 Å². The fourth-order valence-electron chi connectivity index (χ4n) is 3.66. The Kier molecular flexibility index (Phi) is 6.18. The highest BCUT2D eigenvalue weighted by atomic mass is 32.2. The molecule has 1 aliphatic rings. The lowest BCUT2D eigenvalue weighted by Gasteiger charge is -2.15. The summed E-state index contributed by atoms with van der Waals surface area (Å²) in [5.41, 5.74) is 3.89. The van der Waals surface area contributed by atoms with Crippen molar-refractivity contribution in [1.82, 2.24) is 25.1 Å². The van der Waals surface area contributed by atoms with Gasteiger partial charge in [0.25, 0.3) is 0 Å². The molecule has 1 atom stereocenters. The number of thioether (sulfide) groups is 1. The summed E-state index contributed by atoms with van der Waals surface area (Å²) in [7, 11) is 0. The Hall–Kier alpha value is -3.85. The number of amides is 1. The van der Waals surface area contributed by atoms with E-state index in [9.17, 15) is 4.79 Å². The number of carbonyl (C=O) groups is 1. The lowest BCUT2D eigenvalue weighted by atomic mass is 10.2. The molecule has 1 amide bonds. The van der Waals surface area contributed by atoms with Gasteiger partial charge in [0, 0.05) is 24.5 Å². The van der Waals surface area contributed by atoms with Gasteiger partial charge >= 0.3 is 0 Å². The maximum absolute atomic E-state index is 12.9. The van der Waals surface area contributed by atoms with Crippen molar-refractivity contribution in [2.45, 2.75) is 30.8 Å². The minimum absolute atomic E-state index is 0.0903. The maximum atomic E-state index is 12.9. The molecule has 1 unspecified atom stereocenters. The van der Waals surface area contributed by atoms with Crippen LogP contribution in [0.25, 0.3) is 17.1 Å². The minimum atomic E-state index is -0.383. The summed E-state index contributed by atoms with van der Waals surface area (Å²) in [5.74, 6) is 2.03. The van der Waals surface area contributed by atoms with Crippen LogP contribution in [0, 0.1) is 6.92 Å². The summed E-state index contributed by atoms with van der Waals surface area (Å²) in [6.45, 7) is 4.53. The van der Waals surface area contributed by atoms with E-state index in [4.69, 9.17) is 9.47 Å². The van der Waals surface area contributed by atoms with Gasteiger partial charge in [0.1, 0.15) is 0 Å². The largest absolute Gasteiger partial charge is 0.454 e. The number of benzene rings is 2. The lowest BCUT2D eigenvalue weighted by molar-refractivity contribution is -0.120. The zero-order valence-corrected chi connectivity index (χ0v) is 19.6. The number of fused-ring (bicyclic) bond motifs is 1. The topological polar surface area (TPSA) is 91.2 Å². The van der Waals surface area contributed by atoms with Crippen LogP contribution in [-0.4, -0.2) is 37.7 Å². The van der Waals surface area contributed by atoms with E-state index >= 15 is 0 Å². The molecule has 8 nitrogen and oxygen atoms in total. The summed E-state index contributed by atoms with van der Waals surface area (Å²) < 4.78 is 12.8. The van der Waals surface area contributed by atoms with Gasteiger partial charge in [-0.3, -0.25) is 14.3 Å². The van der Waals surface area contributed by atoms with Crippen LogP contribution in [0.4, 0.5) is 0 Å². The number of rotatable bonds is 7. The molecule has 0 saturated carbocycles. The SMILES string of the molecule is Cc1ccccc1-n1c(SC(C)C(=O)NCc2ccc3c(c2)OCO3)nnc1-c1ccncc1. The van der Waals surface area contributed by atoms with Gasteiger partial charge in [-0.05, 0) is 55.3 Å². The quantitative estimate of drug-likeness (QED) is 0.403. The number of nitrogens with one attached hydrogen (secondary N) is 1. The summed E-state index contributed by atoms with van der Waals surface area (Å²) >= 11 is 1.37. The smallest absolute Gasteiger partial charge is 0.233 e. The molecule has 34 heavy (non-hydrogen) atoms. The van der Waals surface area contributed by atoms with Crippen LogP contribution in [0.5, 0.6) is 11.5 Å². The fraction of sp³-hybridized carbons (Fsp3) is 0.200. The van der Waals surface area contributed by atoms with Crippen molar-refractivity contribution in [2.75, 3.05) is 6.79 Å². The predicted molar refractivity (Wildman–Crippen MR) is 129 cm³/mol. The molecule has 0 bridgehead atoms. The maximum Gasteiger partial charge on any atom is 0.233 e. The highest BCUT2D eigenvalue weighted by Crippen LogP contribution is 2.33. The van der Waals surface area contributed by atoms with E-state index in [-0.39, 0.29) is 18.0 Å². The van der Waals surface area contributed by atoms with Crippen molar-refractivity contribution in [3.8, 4) is 28.6 Å². The van der Waals surface area contributed by atoms with Crippen molar-refractivity contribution in [2.24, 2.45) is 0 Å². The number of aryl methyl sites for hydroxylation is 1. The third-order valence-corrected chi connectivity index (χ3v) is 6.53. The zero-order chi connectivity index (χ0) is 23.5. The number of pyridine rings is 1. The van der Waals surface area contributed by atoms with Crippen molar-refractivity contribution < 1.29 is 14.3 Å². The van der Waals surface area contributed by atoms with E-state index in [1.54, 1.807) is 12.4 Å². The Morgan fingerprint density at radius 2 is 1.88 bits per heavy atom. The van der Waals surface area contributed by atoms with Crippen molar-refractivity contribution in [1.29, 1.82) is 0 Å². The molecule has 2 aromatic carbocycles. The molecule has 172 valence electrons. The number of hydrogen-bond acceptors (Lipinski definition) is 7. The molecule has 1 aliphatic heterocycles. The van der Waals surface area contributed by atoms with E-state index in [1.165, 1.54) is 11.8 Å². The van der Waals surface area contributed by atoms with Crippen LogP contribution in [0.2, 0.25) is 0 Å². The first-order valence-corrected chi connectivity index (χ1v) is 11.7. The Bertz CT molecular complexity index is 1330. The highest BCUT2D eigenvalue weighted by molar-refractivity contribution is 8.00. The molecule has 9 heteroatoms. The summed E-state index contributed by atoms with van der Waals surface area (Å²) in [4.78, 5) is 17.0. The first kappa shape index (κ1) is 22.0. The summed E-state index contributed by atoms with van der Waals surface area (Å²) in [5, 5.41) is 12.1. The molecule has 0 saturated heterocycles. The molecule has 1 N–H and O–H groups in total. The third kappa shape index (κ3) is 4.47. The number of aromatic nitrogens is 4. The molecule has 5 rings (SSSR count). The van der Waals surface area contributed by atoms with E-state index < -0.39 is 0 Å². The molecule has 0 spiro atoms. The number of para-hydroxylation sites is 1. The zero-order valence-electron chi connectivity index (χ0n) is 18.8. The van der Waals surface area contributed by atoms with Gasteiger partial charge < -0.3 is 14.8 Å². The second-order valence-electron chi connectivity index (χ2n) is 7.83. The van der Waals surface area contributed by atoms with Gasteiger partial charge in [-0.1, -0.05) is 36.0 Å². The average Bonchev–Trinajstić information content (AvgIpc) is 3.50. The first-order valence-electron chi connectivity index (χ1n) is 10.8. The van der Waals surface area contributed by atoms with Crippen molar-refractivity contribution >= 4 is 17.7 Å². The van der Waals surface area contributed by atoms with Gasteiger partial charge in [0.15, 0.2) is 22.5 Å². The van der Waals surface area contributed by atoms with Crippen LogP contribution in [0.3, 0.4) is 0 Å². The van der Waals surface area contributed by atoms with E-state index in [2.05, 4.69) is 20.5 Å². The second-order valence-corrected chi connectivity index (χ2v) is 9.14. The van der Waals surface area contributed by atoms with Crippen LogP contribution >= 0.6 is 11.8 Å². The minimum Gasteiger partial charge on any atom is -0.454 e. The normalized spacial score (nSPS) is 13.0. The fourth-order valence-corrected chi connectivity index (χ4v) is 4.55. The van der Waals surface area contributed by atoms with Crippen molar-refractivity contribution in [3.63, 3.8) is 0 Å². The molecular formula is C25H23N5O3S. The molecular weight excluding hydrogens is 450 g/mol. The monoisotopic (exact) mass is 473 g/mol. The van der Waals surface area contributed by atoms with Gasteiger partial charge in [0.05, 0.1) is 10.9 Å². The molecule has 0 fully saturated rings. The molecule has 2 aromatic heterocycles. The van der Waals surface area contributed by atoms with Gasteiger partial charge in [0.2, 0.25) is 12.7 Å². The second kappa shape index (κ2) is 9.56. The number of hydrogen-bond donors (Lipinski definition) is 1. The van der Waals surface area contributed by atoms with E-state index in [1.807, 2.05) is 73.0 Å². The predicted octanol–water partition coefficient (Wildman–Crippen LogP) is 4.16. The van der Waals surface area contributed by atoms with Crippen LogP contribution in [0.1, 0.15) is 18.1 Å². The number of carbonyl (C=O) groups excluding carboxylic acids is 1. The number of nitrogens with zero attached hydrogens (tertiary/aromatic N) is 4. The first-order chi connectivity index (χ1) is 16.6. The highest BCUT2D eigenvalue weighted by Gasteiger charge is 2.23. The standard InChI is InChI=1S/C25H23N5O3S/c1-16-5-3-4-6-20(16)30-23(19-9-11-26-12-10-19)28-29-25(30)34-17(2)24(31)27-14-18-7-8-21-22(13-18)33-15-32-21/h3-13,17H,14-15H2,1-2H3,(H,27,31). The number of ether oxygens (including phenoxy) is 2.